The van der Waals surface area contributed by atoms with Gasteiger partial charge in [0.25, 0.3) is 5.91 Å². The lowest BCUT2D eigenvalue weighted by Gasteiger charge is -1.96. The van der Waals surface area contributed by atoms with E-state index in [1.165, 1.54) is 6.20 Å². The van der Waals surface area contributed by atoms with Gasteiger partial charge in [-0.15, -0.1) is 5.10 Å². The fourth-order valence-electron chi connectivity index (χ4n) is 0.515. The van der Waals surface area contributed by atoms with Gasteiger partial charge in [-0.2, -0.15) is 0 Å². The maximum atomic E-state index is 11.1. The summed E-state index contributed by atoms with van der Waals surface area (Å²) in [6.07, 6.45) is 1.47. The van der Waals surface area contributed by atoms with Crippen LogP contribution in [0.5, 0.6) is 0 Å². The van der Waals surface area contributed by atoms with Crippen LogP contribution in [0.2, 0.25) is 0 Å². The molecular formula is C5H6IN3OS. The number of amides is 1. The van der Waals surface area contributed by atoms with Gasteiger partial charge in [-0.25, -0.2) is 0 Å². The third-order valence-corrected chi connectivity index (χ3v) is 2.17. The van der Waals surface area contributed by atoms with Gasteiger partial charge in [-0.05, 0) is 11.5 Å². The Balaban J connectivity index is 2.43. The molecular weight excluding hydrogens is 277 g/mol. The highest BCUT2D eigenvalue weighted by Gasteiger charge is 2.05. The van der Waals surface area contributed by atoms with Gasteiger partial charge in [0.2, 0.25) is 0 Å². The minimum absolute atomic E-state index is 0.0864. The molecule has 0 radical (unpaired) electrons. The Morgan fingerprint density at radius 2 is 2.64 bits per heavy atom. The molecule has 1 N–H and O–H groups in total. The standard InChI is InChI=1S/C5H6IN3OS/c6-1-2-7-5(10)4-3-8-9-11-4/h3H,1-2H2,(H,7,10). The van der Waals surface area contributed by atoms with Crippen LogP contribution in [0.1, 0.15) is 9.67 Å². The Kier molecular flexibility index (Phi) is 3.70. The summed E-state index contributed by atoms with van der Waals surface area (Å²) in [5, 5.41) is 6.28. The Morgan fingerprint density at radius 3 is 3.18 bits per heavy atom. The van der Waals surface area contributed by atoms with E-state index in [0.717, 1.165) is 16.0 Å². The summed E-state index contributed by atoms with van der Waals surface area (Å²) in [7, 11) is 0. The van der Waals surface area contributed by atoms with Gasteiger partial charge in [0.1, 0.15) is 4.88 Å². The maximum Gasteiger partial charge on any atom is 0.264 e. The van der Waals surface area contributed by atoms with Gasteiger partial charge >= 0.3 is 0 Å². The molecule has 60 valence electrons. The van der Waals surface area contributed by atoms with E-state index in [1.807, 2.05) is 0 Å². The van der Waals surface area contributed by atoms with Crippen molar-refractivity contribution in [3.63, 3.8) is 0 Å². The number of nitrogens with zero attached hydrogens (tertiary/aromatic N) is 2. The molecule has 1 amide bonds. The van der Waals surface area contributed by atoms with Crippen molar-refractivity contribution in [2.24, 2.45) is 0 Å². The quantitative estimate of drug-likeness (QED) is 0.656. The molecule has 11 heavy (non-hydrogen) atoms. The number of rotatable bonds is 3. The van der Waals surface area contributed by atoms with E-state index >= 15 is 0 Å². The number of alkyl halides is 1. The summed E-state index contributed by atoms with van der Waals surface area (Å²) in [6, 6.07) is 0. The fourth-order valence-corrected chi connectivity index (χ4v) is 1.22. The maximum absolute atomic E-state index is 11.1. The molecule has 0 aliphatic heterocycles. The second kappa shape index (κ2) is 4.60. The van der Waals surface area contributed by atoms with E-state index in [1.54, 1.807) is 0 Å². The predicted molar refractivity (Wildman–Crippen MR) is 51.1 cm³/mol. The van der Waals surface area contributed by atoms with Crippen LogP contribution in [0, 0.1) is 0 Å². The molecule has 0 saturated heterocycles. The monoisotopic (exact) mass is 283 g/mol. The molecule has 4 nitrogen and oxygen atoms in total. The van der Waals surface area contributed by atoms with E-state index in [9.17, 15) is 4.79 Å². The molecule has 1 aromatic heterocycles. The van der Waals surface area contributed by atoms with E-state index in [0.29, 0.717) is 11.4 Å². The summed E-state index contributed by atoms with van der Waals surface area (Å²) in [5.74, 6) is -0.0864. The van der Waals surface area contributed by atoms with Crippen molar-refractivity contribution in [1.29, 1.82) is 0 Å². The van der Waals surface area contributed by atoms with Crippen LogP contribution < -0.4 is 5.32 Å². The van der Waals surface area contributed by atoms with Gasteiger partial charge in [-0.3, -0.25) is 4.79 Å². The Labute approximate surface area is 81.7 Å². The highest BCUT2D eigenvalue weighted by Crippen LogP contribution is 2.00. The number of carbonyl (C=O) groups is 1. The Morgan fingerprint density at radius 1 is 1.82 bits per heavy atom. The first-order chi connectivity index (χ1) is 5.34. The van der Waals surface area contributed by atoms with Crippen LogP contribution in [-0.2, 0) is 0 Å². The highest BCUT2D eigenvalue weighted by atomic mass is 127. The molecule has 1 heterocycles. The second-order valence-corrected chi connectivity index (χ2v) is 3.59. The number of carbonyl (C=O) groups excluding carboxylic acids is 1. The summed E-state index contributed by atoms with van der Waals surface area (Å²) in [5.41, 5.74) is 0. The molecule has 0 spiro atoms. The van der Waals surface area contributed by atoms with Gasteiger partial charge in [0.05, 0.1) is 6.20 Å². The van der Waals surface area contributed by atoms with Crippen LogP contribution in [0.3, 0.4) is 0 Å². The SMILES string of the molecule is O=C(NCCI)c1cnns1. The molecule has 0 aliphatic carbocycles. The number of halogens is 1. The normalized spacial score (nSPS) is 9.55. The van der Waals surface area contributed by atoms with Crippen molar-refractivity contribution >= 4 is 40.0 Å². The van der Waals surface area contributed by atoms with E-state index in [2.05, 4.69) is 37.5 Å². The second-order valence-electron chi connectivity index (χ2n) is 1.73. The zero-order valence-electron chi connectivity index (χ0n) is 5.58. The first-order valence-electron chi connectivity index (χ1n) is 2.96. The van der Waals surface area contributed by atoms with E-state index in [-0.39, 0.29) is 5.91 Å². The smallest absolute Gasteiger partial charge is 0.264 e. The summed E-state index contributed by atoms with van der Waals surface area (Å²) in [4.78, 5) is 11.6. The Hall–Kier alpha value is -0.240. The zero-order valence-corrected chi connectivity index (χ0v) is 8.55. The van der Waals surface area contributed by atoms with Crippen molar-refractivity contribution in [3.05, 3.63) is 11.1 Å². The first-order valence-corrected chi connectivity index (χ1v) is 5.26. The average molecular weight is 283 g/mol. The van der Waals surface area contributed by atoms with Crippen LogP contribution in [-0.4, -0.2) is 26.5 Å². The zero-order chi connectivity index (χ0) is 8.10. The minimum Gasteiger partial charge on any atom is -0.350 e. The number of hydrogen-bond donors (Lipinski definition) is 1. The fraction of sp³-hybridized carbons (Fsp3) is 0.400. The molecule has 0 unspecified atom stereocenters. The third kappa shape index (κ3) is 2.70. The van der Waals surface area contributed by atoms with Gasteiger partial charge in [-0.1, -0.05) is 27.1 Å². The molecule has 0 atom stereocenters. The molecule has 0 bridgehead atoms. The van der Waals surface area contributed by atoms with Crippen molar-refractivity contribution in [2.45, 2.75) is 0 Å². The highest BCUT2D eigenvalue weighted by molar-refractivity contribution is 14.1. The lowest BCUT2D eigenvalue weighted by Crippen LogP contribution is -2.24. The summed E-state index contributed by atoms with van der Waals surface area (Å²) >= 11 is 3.30. The van der Waals surface area contributed by atoms with Crippen molar-refractivity contribution in [1.82, 2.24) is 14.9 Å². The van der Waals surface area contributed by atoms with Crippen molar-refractivity contribution in [3.8, 4) is 0 Å². The Bertz CT molecular complexity index is 226. The van der Waals surface area contributed by atoms with Gasteiger partial charge in [0, 0.05) is 11.0 Å². The van der Waals surface area contributed by atoms with Crippen molar-refractivity contribution < 1.29 is 4.79 Å². The summed E-state index contributed by atoms with van der Waals surface area (Å²) in [6.45, 7) is 0.692. The van der Waals surface area contributed by atoms with Gasteiger partial charge < -0.3 is 5.32 Å². The third-order valence-electron chi connectivity index (χ3n) is 0.965. The van der Waals surface area contributed by atoms with Crippen molar-refractivity contribution in [2.75, 3.05) is 11.0 Å². The molecule has 1 aromatic rings. The van der Waals surface area contributed by atoms with Crippen LogP contribution in [0.25, 0.3) is 0 Å². The molecule has 0 fully saturated rings. The van der Waals surface area contributed by atoms with Crippen LogP contribution in [0.4, 0.5) is 0 Å². The number of aromatic nitrogens is 2. The largest absolute Gasteiger partial charge is 0.350 e. The van der Waals surface area contributed by atoms with E-state index < -0.39 is 0 Å². The van der Waals surface area contributed by atoms with Crippen LogP contribution in [0.15, 0.2) is 6.20 Å². The molecule has 0 aliphatic rings. The van der Waals surface area contributed by atoms with Gasteiger partial charge in [0.15, 0.2) is 0 Å². The topological polar surface area (TPSA) is 54.9 Å². The van der Waals surface area contributed by atoms with E-state index in [4.69, 9.17) is 0 Å². The molecule has 0 aromatic carbocycles. The lowest BCUT2D eigenvalue weighted by atomic mass is 10.5. The molecule has 6 heteroatoms. The predicted octanol–water partition coefficient (Wildman–Crippen LogP) is 0.703. The first kappa shape index (κ1) is 8.85. The minimum atomic E-state index is -0.0864. The molecule has 1 rings (SSSR count). The molecule has 0 saturated carbocycles. The summed E-state index contributed by atoms with van der Waals surface area (Å²) < 4.78 is 4.49. The number of nitrogens with one attached hydrogen (secondary N) is 1. The number of hydrogen-bond acceptors (Lipinski definition) is 4. The van der Waals surface area contributed by atoms with Crippen LogP contribution >= 0.6 is 34.1 Å². The average Bonchev–Trinajstić information content (AvgIpc) is 2.52. The lowest BCUT2D eigenvalue weighted by molar-refractivity contribution is 0.0960.